The number of allylic oxidation sites excluding steroid dienone is 2. The Balaban J connectivity index is 2.80. The Morgan fingerprint density at radius 2 is 1.94 bits per heavy atom. The molecule has 0 saturated carbocycles. The number of benzene rings is 1. The van der Waals surface area contributed by atoms with Crippen molar-refractivity contribution in [3.8, 4) is 5.75 Å². The number of phenols is 1. The van der Waals surface area contributed by atoms with Gasteiger partial charge < -0.3 is 10.4 Å². The standard InChI is InChI=1S/C11H10F3NO2/c1-7(6-10(17)11(12,13)14)15-8-4-2-3-5-9(8)16/h2-6,15-16H,1H3/b7-6-. The molecular formula is C11H10F3NO2. The zero-order chi connectivity index (χ0) is 13.1. The molecule has 0 heterocycles. The number of aromatic hydroxyl groups is 1. The number of nitrogens with one attached hydrogen (secondary N) is 1. The van der Waals surface area contributed by atoms with E-state index in [1.54, 1.807) is 12.1 Å². The lowest BCUT2D eigenvalue weighted by atomic mass is 10.2. The molecule has 1 aromatic rings. The number of alkyl halides is 3. The third-order valence-electron chi connectivity index (χ3n) is 1.86. The number of carbonyl (C=O) groups excluding carboxylic acids is 1. The predicted molar refractivity (Wildman–Crippen MR) is 56.5 cm³/mol. The van der Waals surface area contributed by atoms with Crippen molar-refractivity contribution in [2.75, 3.05) is 5.32 Å². The highest BCUT2D eigenvalue weighted by Crippen LogP contribution is 2.23. The highest BCUT2D eigenvalue weighted by molar-refractivity contribution is 5.95. The van der Waals surface area contributed by atoms with Crippen LogP contribution in [0.15, 0.2) is 36.0 Å². The summed E-state index contributed by atoms with van der Waals surface area (Å²) >= 11 is 0. The molecule has 0 radical (unpaired) electrons. The molecule has 0 aliphatic rings. The summed E-state index contributed by atoms with van der Waals surface area (Å²) in [7, 11) is 0. The maximum atomic E-state index is 12.0. The zero-order valence-electron chi connectivity index (χ0n) is 8.88. The summed E-state index contributed by atoms with van der Waals surface area (Å²) in [6, 6.07) is 6.02. The van der Waals surface area contributed by atoms with E-state index in [-0.39, 0.29) is 17.1 Å². The van der Waals surface area contributed by atoms with Crippen LogP contribution in [0.2, 0.25) is 0 Å². The smallest absolute Gasteiger partial charge is 0.454 e. The molecule has 0 saturated heterocycles. The second-order valence-corrected chi connectivity index (χ2v) is 3.33. The number of hydrogen-bond acceptors (Lipinski definition) is 3. The average molecular weight is 245 g/mol. The Morgan fingerprint density at radius 1 is 1.35 bits per heavy atom. The van der Waals surface area contributed by atoms with E-state index in [4.69, 9.17) is 0 Å². The summed E-state index contributed by atoms with van der Waals surface area (Å²) < 4.78 is 35.9. The Bertz CT molecular complexity index is 452. The van der Waals surface area contributed by atoms with Crippen LogP contribution >= 0.6 is 0 Å². The van der Waals surface area contributed by atoms with Gasteiger partial charge in [0.15, 0.2) is 0 Å². The summed E-state index contributed by atoms with van der Waals surface area (Å²) in [4.78, 5) is 10.6. The second kappa shape index (κ2) is 4.90. The average Bonchev–Trinajstić information content (AvgIpc) is 2.20. The van der Waals surface area contributed by atoms with E-state index in [1.165, 1.54) is 19.1 Å². The number of phenolic OH excluding ortho intramolecular Hbond substituents is 1. The zero-order valence-corrected chi connectivity index (χ0v) is 8.88. The Kier molecular flexibility index (Phi) is 3.77. The van der Waals surface area contributed by atoms with Gasteiger partial charge >= 0.3 is 6.18 Å². The first-order valence-corrected chi connectivity index (χ1v) is 4.65. The minimum absolute atomic E-state index is 0.00572. The minimum Gasteiger partial charge on any atom is -0.506 e. The van der Waals surface area contributed by atoms with Crippen molar-refractivity contribution in [2.45, 2.75) is 13.1 Å². The third kappa shape index (κ3) is 3.82. The molecule has 0 unspecified atom stereocenters. The summed E-state index contributed by atoms with van der Waals surface area (Å²) in [6.45, 7) is 1.30. The summed E-state index contributed by atoms with van der Waals surface area (Å²) in [5.41, 5.74) is 0.227. The van der Waals surface area contributed by atoms with Crippen LogP contribution in [0.5, 0.6) is 5.75 Å². The SMILES string of the molecule is C/C(=C/C(=O)C(F)(F)F)Nc1ccccc1O. The summed E-state index contributed by atoms with van der Waals surface area (Å²) in [5.74, 6) is -2.06. The molecule has 0 amide bonds. The minimum atomic E-state index is -4.89. The Labute approximate surface area is 95.6 Å². The van der Waals surface area contributed by atoms with Gasteiger partial charge in [-0.05, 0) is 19.1 Å². The Hall–Kier alpha value is -1.98. The van der Waals surface area contributed by atoms with Crippen LogP contribution in [0, 0.1) is 0 Å². The van der Waals surface area contributed by atoms with Gasteiger partial charge in [0.2, 0.25) is 0 Å². The number of rotatable bonds is 3. The highest BCUT2D eigenvalue weighted by atomic mass is 19.4. The topological polar surface area (TPSA) is 49.3 Å². The van der Waals surface area contributed by atoms with Crippen LogP contribution in [-0.4, -0.2) is 17.1 Å². The predicted octanol–water partition coefficient (Wildman–Crippen LogP) is 2.84. The van der Waals surface area contributed by atoms with Crippen molar-refractivity contribution in [3.05, 3.63) is 36.0 Å². The summed E-state index contributed by atoms with van der Waals surface area (Å²) in [6.07, 6.45) is -4.45. The molecular weight excluding hydrogens is 235 g/mol. The first-order chi connectivity index (χ1) is 7.80. The van der Waals surface area contributed by atoms with Crippen LogP contribution in [0.3, 0.4) is 0 Å². The van der Waals surface area contributed by atoms with Crippen molar-refractivity contribution in [2.24, 2.45) is 0 Å². The van der Waals surface area contributed by atoms with Gasteiger partial charge in [0.05, 0.1) is 5.69 Å². The summed E-state index contributed by atoms with van der Waals surface area (Å²) in [5, 5.41) is 11.9. The number of carbonyl (C=O) groups is 1. The van der Waals surface area contributed by atoms with E-state index in [1.807, 2.05) is 0 Å². The van der Waals surface area contributed by atoms with E-state index in [0.717, 1.165) is 0 Å². The van der Waals surface area contributed by atoms with Crippen molar-refractivity contribution in [1.29, 1.82) is 0 Å². The van der Waals surface area contributed by atoms with Crippen molar-refractivity contribution in [1.82, 2.24) is 0 Å². The van der Waals surface area contributed by atoms with Gasteiger partial charge in [-0.15, -0.1) is 0 Å². The maximum Gasteiger partial charge on any atom is 0.454 e. The number of para-hydroxylation sites is 2. The van der Waals surface area contributed by atoms with Gasteiger partial charge in [0.25, 0.3) is 5.78 Å². The lowest BCUT2D eigenvalue weighted by molar-refractivity contribution is -0.165. The van der Waals surface area contributed by atoms with Crippen LogP contribution < -0.4 is 5.32 Å². The second-order valence-electron chi connectivity index (χ2n) is 3.33. The van der Waals surface area contributed by atoms with Gasteiger partial charge in [-0.1, -0.05) is 12.1 Å². The van der Waals surface area contributed by atoms with Gasteiger partial charge in [-0.3, -0.25) is 4.79 Å². The molecule has 0 aromatic heterocycles. The quantitative estimate of drug-likeness (QED) is 0.636. The fourth-order valence-corrected chi connectivity index (χ4v) is 1.11. The fourth-order valence-electron chi connectivity index (χ4n) is 1.11. The van der Waals surface area contributed by atoms with E-state index >= 15 is 0 Å². The van der Waals surface area contributed by atoms with Crippen molar-refractivity contribution < 1.29 is 23.1 Å². The number of ketones is 1. The largest absolute Gasteiger partial charge is 0.506 e. The molecule has 0 aliphatic heterocycles. The van der Waals surface area contributed by atoms with Gasteiger partial charge in [0, 0.05) is 11.8 Å². The molecule has 17 heavy (non-hydrogen) atoms. The van der Waals surface area contributed by atoms with Crippen LogP contribution in [0.25, 0.3) is 0 Å². The lowest BCUT2D eigenvalue weighted by Gasteiger charge is -2.08. The monoisotopic (exact) mass is 245 g/mol. The van der Waals surface area contributed by atoms with Crippen LogP contribution in [0.1, 0.15) is 6.92 Å². The van der Waals surface area contributed by atoms with Gasteiger partial charge in [-0.2, -0.15) is 13.2 Å². The first kappa shape index (κ1) is 13.1. The molecule has 1 rings (SSSR count). The molecule has 92 valence electrons. The molecule has 0 fully saturated rings. The molecule has 6 heteroatoms. The van der Waals surface area contributed by atoms with Crippen LogP contribution in [0.4, 0.5) is 18.9 Å². The molecule has 2 N–H and O–H groups in total. The molecule has 0 spiro atoms. The highest BCUT2D eigenvalue weighted by Gasteiger charge is 2.36. The van der Waals surface area contributed by atoms with Crippen molar-refractivity contribution in [3.63, 3.8) is 0 Å². The Morgan fingerprint density at radius 3 is 2.47 bits per heavy atom. The fraction of sp³-hybridized carbons (Fsp3) is 0.182. The number of anilines is 1. The van der Waals surface area contributed by atoms with E-state index in [0.29, 0.717) is 6.08 Å². The van der Waals surface area contributed by atoms with E-state index in [9.17, 15) is 23.1 Å². The van der Waals surface area contributed by atoms with Crippen LogP contribution in [-0.2, 0) is 4.79 Å². The molecule has 3 nitrogen and oxygen atoms in total. The van der Waals surface area contributed by atoms with Gasteiger partial charge in [-0.25, -0.2) is 0 Å². The normalized spacial score (nSPS) is 12.4. The third-order valence-corrected chi connectivity index (χ3v) is 1.86. The number of hydrogen-bond donors (Lipinski definition) is 2. The first-order valence-electron chi connectivity index (χ1n) is 4.65. The molecule has 0 bridgehead atoms. The molecule has 0 atom stereocenters. The molecule has 1 aromatic carbocycles. The molecule has 0 aliphatic carbocycles. The van der Waals surface area contributed by atoms with E-state index in [2.05, 4.69) is 5.32 Å². The van der Waals surface area contributed by atoms with Gasteiger partial charge in [0.1, 0.15) is 5.75 Å². The number of halogens is 3. The van der Waals surface area contributed by atoms with E-state index < -0.39 is 12.0 Å². The lowest BCUT2D eigenvalue weighted by Crippen LogP contribution is -2.21. The maximum absolute atomic E-state index is 12.0. The van der Waals surface area contributed by atoms with Crippen molar-refractivity contribution >= 4 is 11.5 Å².